The Morgan fingerprint density at radius 2 is 2.12 bits per heavy atom. The first kappa shape index (κ1) is 13.4. The summed E-state index contributed by atoms with van der Waals surface area (Å²) in [5.74, 6) is 0. The molecule has 1 rings (SSSR count). The summed E-state index contributed by atoms with van der Waals surface area (Å²) in [6.07, 6.45) is -2.90. The lowest BCUT2D eigenvalue weighted by Gasteiger charge is -2.20. The number of nitrogens with zero attached hydrogens (tertiary/aromatic N) is 1. The molecule has 0 aliphatic carbocycles. The van der Waals surface area contributed by atoms with Gasteiger partial charge in [0.15, 0.2) is 0 Å². The summed E-state index contributed by atoms with van der Waals surface area (Å²) in [4.78, 5) is 3.93. The lowest BCUT2D eigenvalue weighted by molar-refractivity contribution is -0.155. The average molecular weight is 297 g/mol. The lowest BCUT2D eigenvalue weighted by atomic mass is 10.1. The molecule has 0 spiro atoms. The van der Waals surface area contributed by atoms with Crippen LogP contribution in [0.5, 0.6) is 0 Å². The molecule has 1 heterocycles. The third-order valence-electron chi connectivity index (χ3n) is 2.05. The number of hydrogen-bond acceptors (Lipinski definition) is 2. The van der Waals surface area contributed by atoms with E-state index < -0.39 is 12.2 Å². The van der Waals surface area contributed by atoms with Crippen molar-refractivity contribution in [3.8, 4) is 0 Å². The molecule has 0 aliphatic rings. The van der Waals surface area contributed by atoms with E-state index in [9.17, 15) is 13.2 Å². The summed E-state index contributed by atoms with van der Waals surface area (Å²) in [6, 6.07) is 1.73. The largest absolute Gasteiger partial charge is 0.404 e. The van der Waals surface area contributed by atoms with Crippen LogP contribution < -0.4 is 5.32 Å². The fourth-order valence-corrected chi connectivity index (χ4v) is 1.52. The van der Waals surface area contributed by atoms with E-state index in [-0.39, 0.29) is 13.0 Å². The van der Waals surface area contributed by atoms with Crippen molar-refractivity contribution in [3.05, 3.63) is 28.5 Å². The summed E-state index contributed by atoms with van der Waals surface area (Å²) in [5, 5.41) is 2.41. The van der Waals surface area contributed by atoms with Crippen LogP contribution in [0.1, 0.15) is 12.6 Å². The van der Waals surface area contributed by atoms with Gasteiger partial charge in [-0.3, -0.25) is 4.98 Å². The van der Waals surface area contributed by atoms with Crippen LogP contribution in [-0.4, -0.2) is 23.7 Å². The number of rotatable bonds is 4. The molecule has 0 aromatic carbocycles. The number of alkyl halides is 3. The first-order chi connectivity index (χ1) is 7.43. The number of nitrogens with one attached hydrogen (secondary N) is 1. The maximum Gasteiger partial charge on any atom is 0.404 e. The Morgan fingerprint density at radius 1 is 1.44 bits per heavy atom. The molecule has 0 fully saturated rings. The van der Waals surface area contributed by atoms with Crippen molar-refractivity contribution in [1.82, 2.24) is 10.3 Å². The molecule has 90 valence electrons. The molecule has 16 heavy (non-hydrogen) atoms. The highest BCUT2D eigenvalue weighted by Crippen LogP contribution is 2.22. The Hall–Kier alpha value is -0.620. The lowest BCUT2D eigenvalue weighted by Crippen LogP contribution is -2.43. The summed E-state index contributed by atoms with van der Waals surface area (Å²) in [5.41, 5.74) is 0.423. The molecule has 1 aromatic heterocycles. The van der Waals surface area contributed by atoms with E-state index in [1.165, 1.54) is 6.20 Å². The first-order valence-corrected chi connectivity index (χ1v) is 5.63. The van der Waals surface area contributed by atoms with Gasteiger partial charge < -0.3 is 5.32 Å². The summed E-state index contributed by atoms with van der Waals surface area (Å²) in [6.45, 7) is 1.93. The van der Waals surface area contributed by atoms with Crippen LogP contribution in [0.25, 0.3) is 0 Å². The second-order valence-electron chi connectivity index (χ2n) is 3.32. The summed E-state index contributed by atoms with van der Waals surface area (Å²) < 4.78 is 38.5. The van der Waals surface area contributed by atoms with E-state index in [0.717, 1.165) is 4.47 Å². The average Bonchev–Trinajstić information content (AvgIpc) is 2.19. The summed E-state index contributed by atoms with van der Waals surface area (Å²) in [7, 11) is 0. The maximum absolute atomic E-state index is 12.6. The van der Waals surface area contributed by atoms with Gasteiger partial charge in [-0.15, -0.1) is 0 Å². The molecule has 2 nitrogen and oxygen atoms in total. The zero-order valence-corrected chi connectivity index (χ0v) is 10.3. The highest BCUT2D eigenvalue weighted by atomic mass is 79.9. The molecular weight excluding hydrogens is 285 g/mol. The molecule has 0 saturated heterocycles. The van der Waals surface area contributed by atoms with Gasteiger partial charge in [0.25, 0.3) is 0 Å². The van der Waals surface area contributed by atoms with E-state index in [2.05, 4.69) is 26.2 Å². The molecule has 0 amide bonds. The van der Waals surface area contributed by atoms with Crippen molar-refractivity contribution in [3.63, 3.8) is 0 Å². The van der Waals surface area contributed by atoms with Crippen LogP contribution in [0.4, 0.5) is 13.2 Å². The number of halogens is 4. The van der Waals surface area contributed by atoms with Gasteiger partial charge in [-0.2, -0.15) is 13.2 Å². The Balaban J connectivity index is 2.72. The van der Waals surface area contributed by atoms with Gasteiger partial charge in [0.1, 0.15) is 6.04 Å². The van der Waals surface area contributed by atoms with Gasteiger partial charge in [-0.05, 0) is 34.6 Å². The second kappa shape index (κ2) is 5.63. The quantitative estimate of drug-likeness (QED) is 0.924. The zero-order chi connectivity index (χ0) is 12.2. The molecule has 1 N–H and O–H groups in total. The highest BCUT2D eigenvalue weighted by Gasteiger charge is 2.39. The van der Waals surface area contributed by atoms with Crippen LogP contribution in [0.3, 0.4) is 0 Å². The molecule has 1 atom stereocenters. The smallest absolute Gasteiger partial charge is 0.306 e. The summed E-state index contributed by atoms with van der Waals surface area (Å²) >= 11 is 3.18. The van der Waals surface area contributed by atoms with E-state index in [1.54, 1.807) is 19.1 Å². The molecule has 0 saturated carbocycles. The van der Waals surface area contributed by atoms with Gasteiger partial charge in [0, 0.05) is 22.8 Å². The predicted octanol–water partition coefficient (Wildman–Crippen LogP) is 2.93. The van der Waals surface area contributed by atoms with E-state index in [1.807, 2.05) is 0 Å². The van der Waals surface area contributed by atoms with Gasteiger partial charge >= 0.3 is 6.18 Å². The molecule has 6 heteroatoms. The second-order valence-corrected chi connectivity index (χ2v) is 4.24. The molecule has 1 unspecified atom stereocenters. The zero-order valence-electron chi connectivity index (χ0n) is 8.68. The van der Waals surface area contributed by atoms with E-state index in [0.29, 0.717) is 5.69 Å². The van der Waals surface area contributed by atoms with Crippen molar-refractivity contribution in [2.45, 2.75) is 25.6 Å². The number of pyridine rings is 1. The predicted molar refractivity (Wildman–Crippen MR) is 59.2 cm³/mol. The van der Waals surface area contributed by atoms with Crippen LogP contribution in [0, 0.1) is 0 Å². The topological polar surface area (TPSA) is 24.9 Å². The fourth-order valence-electron chi connectivity index (χ4n) is 1.29. The van der Waals surface area contributed by atoms with Crippen molar-refractivity contribution >= 4 is 15.9 Å². The molecule has 0 radical (unpaired) electrons. The van der Waals surface area contributed by atoms with Crippen molar-refractivity contribution in [1.29, 1.82) is 0 Å². The van der Waals surface area contributed by atoms with Crippen LogP contribution in [0.2, 0.25) is 0 Å². The van der Waals surface area contributed by atoms with Gasteiger partial charge in [0.2, 0.25) is 0 Å². The standard InChI is InChI=1S/C10H12BrF3N2/c1-2-15-9(10(12,13)14)5-8-4-3-7(11)6-16-8/h3-4,6,9,15H,2,5H2,1H3. The fraction of sp³-hybridized carbons (Fsp3) is 0.500. The third kappa shape index (κ3) is 4.09. The Bertz CT molecular complexity index is 324. The SMILES string of the molecule is CCNC(Cc1ccc(Br)cn1)C(F)(F)F. The van der Waals surface area contributed by atoms with Crippen molar-refractivity contribution in [2.75, 3.05) is 6.54 Å². The third-order valence-corrected chi connectivity index (χ3v) is 2.52. The number of likely N-dealkylation sites (N-methyl/N-ethyl adjacent to an activating group) is 1. The van der Waals surface area contributed by atoms with Crippen LogP contribution in [-0.2, 0) is 6.42 Å². The minimum atomic E-state index is -4.25. The normalized spacial score (nSPS) is 13.8. The van der Waals surface area contributed by atoms with Crippen molar-refractivity contribution in [2.24, 2.45) is 0 Å². The van der Waals surface area contributed by atoms with Crippen molar-refractivity contribution < 1.29 is 13.2 Å². The maximum atomic E-state index is 12.6. The monoisotopic (exact) mass is 296 g/mol. The van der Waals surface area contributed by atoms with Gasteiger partial charge in [-0.25, -0.2) is 0 Å². The number of aromatic nitrogens is 1. The minimum absolute atomic E-state index is 0.148. The molecule has 0 bridgehead atoms. The highest BCUT2D eigenvalue weighted by molar-refractivity contribution is 9.10. The Morgan fingerprint density at radius 3 is 2.56 bits per heavy atom. The van der Waals surface area contributed by atoms with Crippen LogP contribution >= 0.6 is 15.9 Å². The minimum Gasteiger partial charge on any atom is -0.306 e. The molecule has 1 aromatic rings. The number of hydrogen-bond donors (Lipinski definition) is 1. The Labute approximate surface area is 100 Å². The van der Waals surface area contributed by atoms with E-state index >= 15 is 0 Å². The van der Waals surface area contributed by atoms with Gasteiger partial charge in [0.05, 0.1) is 0 Å². The first-order valence-electron chi connectivity index (χ1n) is 4.84. The van der Waals surface area contributed by atoms with Crippen LogP contribution in [0.15, 0.2) is 22.8 Å². The Kier molecular flexibility index (Phi) is 4.73. The molecule has 0 aliphatic heterocycles. The van der Waals surface area contributed by atoms with E-state index in [4.69, 9.17) is 0 Å². The molecular formula is C10H12BrF3N2. The van der Waals surface area contributed by atoms with Gasteiger partial charge in [-0.1, -0.05) is 6.92 Å².